The number of thioether (sulfide) groups is 1. The van der Waals surface area contributed by atoms with Gasteiger partial charge in [0.1, 0.15) is 17.0 Å². The Morgan fingerprint density at radius 3 is 2.85 bits per heavy atom. The van der Waals surface area contributed by atoms with Crippen molar-refractivity contribution in [2.45, 2.75) is 5.22 Å². The Morgan fingerprint density at radius 1 is 1.33 bits per heavy atom. The summed E-state index contributed by atoms with van der Waals surface area (Å²) < 4.78 is 16.2. The molecule has 0 saturated heterocycles. The molecular formula is C20H15NO5S. The minimum Gasteiger partial charge on any atom is -0.493 e. The van der Waals surface area contributed by atoms with Gasteiger partial charge in [0.05, 0.1) is 7.11 Å². The molecule has 3 rings (SSSR count). The number of terminal acetylenes is 1. The van der Waals surface area contributed by atoms with Crippen molar-refractivity contribution >= 4 is 34.9 Å². The zero-order valence-corrected chi connectivity index (χ0v) is 15.2. The van der Waals surface area contributed by atoms with Crippen molar-refractivity contribution in [3.8, 4) is 23.8 Å². The molecule has 3 aromatic rings. The Balaban J connectivity index is 1.89. The number of methoxy groups -OCH3 is 1. The Hall–Kier alpha value is -3.37. The van der Waals surface area contributed by atoms with Gasteiger partial charge in [0.15, 0.2) is 17.1 Å². The van der Waals surface area contributed by atoms with Crippen LogP contribution in [0.4, 0.5) is 0 Å². The SMILES string of the molecule is C#CCOc1ccc(/C=C(/Sc2nc3ccccc3o2)C(=O)O)cc1OC. The van der Waals surface area contributed by atoms with E-state index < -0.39 is 5.97 Å². The number of ether oxygens (including phenoxy) is 2. The van der Waals surface area contributed by atoms with Crippen molar-refractivity contribution in [1.29, 1.82) is 0 Å². The molecule has 0 atom stereocenters. The van der Waals surface area contributed by atoms with Crippen LogP contribution in [0, 0.1) is 12.3 Å². The summed E-state index contributed by atoms with van der Waals surface area (Å²) in [6.45, 7) is 0.111. The van der Waals surface area contributed by atoms with Crippen LogP contribution >= 0.6 is 11.8 Å². The lowest BCUT2D eigenvalue weighted by molar-refractivity contribution is -0.131. The van der Waals surface area contributed by atoms with Crippen molar-refractivity contribution in [1.82, 2.24) is 4.98 Å². The molecule has 1 aromatic heterocycles. The fourth-order valence-corrected chi connectivity index (χ4v) is 3.03. The summed E-state index contributed by atoms with van der Waals surface area (Å²) in [6, 6.07) is 12.3. The molecule has 6 nitrogen and oxygen atoms in total. The molecule has 1 heterocycles. The number of carbonyl (C=O) groups is 1. The second kappa shape index (κ2) is 8.34. The zero-order chi connectivity index (χ0) is 19.2. The molecule has 2 aromatic carbocycles. The largest absolute Gasteiger partial charge is 0.493 e. The van der Waals surface area contributed by atoms with Gasteiger partial charge in [-0.3, -0.25) is 0 Å². The normalized spacial score (nSPS) is 11.2. The minimum atomic E-state index is -1.09. The van der Waals surface area contributed by atoms with Crippen molar-refractivity contribution in [3.05, 3.63) is 52.9 Å². The number of benzene rings is 2. The van der Waals surface area contributed by atoms with Gasteiger partial charge in [-0.2, -0.15) is 0 Å². The monoisotopic (exact) mass is 381 g/mol. The average Bonchev–Trinajstić information content (AvgIpc) is 3.08. The van der Waals surface area contributed by atoms with Crippen LogP contribution in [-0.2, 0) is 4.79 Å². The molecule has 0 unspecified atom stereocenters. The van der Waals surface area contributed by atoms with E-state index in [0.717, 1.165) is 11.8 Å². The molecule has 136 valence electrons. The van der Waals surface area contributed by atoms with E-state index in [1.165, 1.54) is 13.2 Å². The highest BCUT2D eigenvalue weighted by atomic mass is 32.2. The van der Waals surface area contributed by atoms with E-state index in [1.54, 1.807) is 30.3 Å². The fraction of sp³-hybridized carbons (Fsp3) is 0.100. The topological polar surface area (TPSA) is 81.8 Å². The Morgan fingerprint density at radius 2 is 2.15 bits per heavy atom. The number of hydrogen-bond acceptors (Lipinski definition) is 6. The highest BCUT2D eigenvalue weighted by Crippen LogP contribution is 2.33. The summed E-state index contributed by atoms with van der Waals surface area (Å²) in [5, 5.41) is 9.79. The first kappa shape index (κ1) is 18.4. The lowest BCUT2D eigenvalue weighted by Gasteiger charge is -2.09. The number of fused-ring (bicyclic) bond motifs is 1. The van der Waals surface area contributed by atoms with E-state index in [2.05, 4.69) is 10.9 Å². The third kappa shape index (κ3) is 4.43. The van der Waals surface area contributed by atoms with Crippen LogP contribution in [0.1, 0.15) is 5.56 Å². The van der Waals surface area contributed by atoms with Gasteiger partial charge in [-0.1, -0.05) is 24.1 Å². The van der Waals surface area contributed by atoms with Gasteiger partial charge in [0.25, 0.3) is 5.22 Å². The van der Waals surface area contributed by atoms with Crippen molar-refractivity contribution in [2.75, 3.05) is 13.7 Å². The summed E-state index contributed by atoms with van der Waals surface area (Å²) in [5.74, 6) is 2.23. The lowest BCUT2D eigenvalue weighted by atomic mass is 10.2. The van der Waals surface area contributed by atoms with E-state index in [0.29, 0.717) is 28.2 Å². The Bertz CT molecular complexity index is 1010. The highest BCUT2D eigenvalue weighted by molar-refractivity contribution is 8.03. The number of aromatic nitrogens is 1. The number of carboxylic acids is 1. The average molecular weight is 381 g/mol. The molecule has 7 heteroatoms. The second-order valence-electron chi connectivity index (χ2n) is 5.27. The number of oxazole rings is 1. The van der Waals surface area contributed by atoms with Gasteiger partial charge in [0, 0.05) is 0 Å². The smallest absolute Gasteiger partial charge is 0.342 e. The number of aliphatic carboxylic acids is 1. The van der Waals surface area contributed by atoms with E-state index in [9.17, 15) is 9.90 Å². The van der Waals surface area contributed by atoms with E-state index in [1.807, 2.05) is 12.1 Å². The van der Waals surface area contributed by atoms with Gasteiger partial charge in [0.2, 0.25) is 0 Å². The van der Waals surface area contributed by atoms with Gasteiger partial charge >= 0.3 is 5.97 Å². The number of hydrogen-bond donors (Lipinski definition) is 1. The molecule has 0 radical (unpaired) electrons. The van der Waals surface area contributed by atoms with Crippen LogP contribution in [0.25, 0.3) is 17.2 Å². The van der Waals surface area contributed by atoms with Crippen LogP contribution in [0.15, 0.2) is 57.0 Å². The summed E-state index contributed by atoms with van der Waals surface area (Å²) in [7, 11) is 1.50. The maximum atomic E-state index is 11.6. The second-order valence-corrected chi connectivity index (χ2v) is 6.26. The summed E-state index contributed by atoms with van der Waals surface area (Å²) in [6.07, 6.45) is 6.70. The molecular weight excluding hydrogens is 366 g/mol. The van der Waals surface area contributed by atoms with E-state index in [4.69, 9.17) is 20.3 Å². The number of rotatable bonds is 7. The highest BCUT2D eigenvalue weighted by Gasteiger charge is 2.15. The molecule has 0 saturated carbocycles. The number of carboxylic acid groups (broad SMARTS) is 1. The fourth-order valence-electron chi connectivity index (χ4n) is 2.29. The molecule has 0 aliphatic carbocycles. The molecule has 27 heavy (non-hydrogen) atoms. The quantitative estimate of drug-likeness (QED) is 0.375. The predicted molar refractivity (Wildman–Crippen MR) is 103 cm³/mol. The van der Waals surface area contributed by atoms with Gasteiger partial charge in [-0.15, -0.1) is 6.42 Å². The number of nitrogens with zero attached hydrogens (tertiary/aromatic N) is 1. The molecule has 0 amide bonds. The van der Waals surface area contributed by atoms with E-state index >= 15 is 0 Å². The van der Waals surface area contributed by atoms with Crippen LogP contribution < -0.4 is 9.47 Å². The Labute approximate surface area is 159 Å². The van der Waals surface area contributed by atoms with Crippen LogP contribution in [0.5, 0.6) is 11.5 Å². The summed E-state index contributed by atoms with van der Waals surface area (Å²) in [5.41, 5.74) is 1.89. The predicted octanol–water partition coefficient (Wildman–Crippen LogP) is 4.07. The van der Waals surface area contributed by atoms with Gasteiger partial charge < -0.3 is 19.0 Å². The van der Waals surface area contributed by atoms with Crippen LogP contribution in [-0.4, -0.2) is 29.8 Å². The summed E-state index contributed by atoms with van der Waals surface area (Å²) >= 11 is 0.934. The maximum absolute atomic E-state index is 11.6. The first-order chi connectivity index (χ1) is 13.1. The standard InChI is InChI=1S/C20H15NO5S/c1-3-10-25-16-9-8-13(11-17(16)24-2)12-18(19(22)23)27-20-21-14-6-4-5-7-15(14)26-20/h1,4-9,11-12H,10H2,2H3,(H,22,23)/b18-12+. The van der Waals surface area contributed by atoms with Gasteiger partial charge in [-0.05, 0) is 47.7 Å². The Kier molecular flexibility index (Phi) is 5.69. The molecule has 0 aliphatic rings. The molecule has 0 bridgehead atoms. The first-order valence-electron chi connectivity index (χ1n) is 7.83. The summed E-state index contributed by atoms with van der Waals surface area (Å²) in [4.78, 5) is 16.0. The zero-order valence-electron chi connectivity index (χ0n) is 14.3. The maximum Gasteiger partial charge on any atom is 0.342 e. The third-order valence-corrected chi connectivity index (χ3v) is 4.34. The lowest BCUT2D eigenvalue weighted by Crippen LogP contribution is -1.98. The first-order valence-corrected chi connectivity index (χ1v) is 8.65. The molecule has 1 N–H and O–H groups in total. The molecule has 0 fully saturated rings. The minimum absolute atomic E-state index is 0.0564. The van der Waals surface area contributed by atoms with Crippen LogP contribution in [0.3, 0.4) is 0 Å². The van der Waals surface area contributed by atoms with Crippen molar-refractivity contribution in [3.63, 3.8) is 0 Å². The van der Waals surface area contributed by atoms with Crippen LogP contribution in [0.2, 0.25) is 0 Å². The van der Waals surface area contributed by atoms with Gasteiger partial charge in [-0.25, -0.2) is 9.78 Å². The molecule has 0 spiro atoms. The number of para-hydroxylation sites is 2. The third-order valence-electron chi connectivity index (χ3n) is 3.48. The van der Waals surface area contributed by atoms with Crippen molar-refractivity contribution < 1.29 is 23.8 Å². The van der Waals surface area contributed by atoms with Crippen molar-refractivity contribution in [2.24, 2.45) is 0 Å². The molecule has 0 aliphatic heterocycles. The van der Waals surface area contributed by atoms with E-state index in [-0.39, 0.29) is 16.7 Å².